The van der Waals surface area contributed by atoms with Gasteiger partial charge >= 0.3 is 0 Å². The fourth-order valence-corrected chi connectivity index (χ4v) is 8.15. The first-order valence-corrected chi connectivity index (χ1v) is 10.6. The van der Waals surface area contributed by atoms with Crippen molar-refractivity contribution in [1.29, 1.82) is 0 Å². The molecule has 4 aliphatic carbocycles. The number of methoxy groups -OCH3 is 1. The van der Waals surface area contributed by atoms with Crippen LogP contribution >= 0.6 is 0 Å². The summed E-state index contributed by atoms with van der Waals surface area (Å²) in [7, 11) is 1.38. The van der Waals surface area contributed by atoms with Gasteiger partial charge in [-0.25, -0.2) is 0 Å². The summed E-state index contributed by atoms with van der Waals surface area (Å²) in [5, 5.41) is 79.7. The Morgan fingerprint density at radius 2 is 1.38 bits per heavy atom. The Morgan fingerprint density at radius 3 is 1.93 bits per heavy atom. The van der Waals surface area contributed by atoms with Crippen LogP contribution in [0.15, 0.2) is 0 Å². The number of aliphatic hydroxyl groups excluding tert-OH is 4. The highest BCUT2D eigenvalue weighted by Crippen LogP contribution is 2.70. The maximum Gasteiger partial charge on any atom is 0.110 e. The zero-order valence-corrected chi connectivity index (χ0v) is 17.8. The maximum absolute atomic E-state index is 11.9. The normalized spacial score (nSPS) is 63.7. The Morgan fingerprint density at radius 1 is 0.793 bits per heavy atom. The van der Waals surface area contributed by atoms with Crippen LogP contribution in [0.3, 0.4) is 0 Å². The van der Waals surface area contributed by atoms with Gasteiger partial charge in [-0.15, -0.1) is 0 Å². The molecule has 168 valence electrons. The first-order valence-electron chi connectivity index (χ1n) is 10.6. The van der Waals surface area contributed by atoms with Gasteiger partial charge < -0.3 is 40.5 Å². The van der Waals surface area contributed by atoms with E-state index in [0.717, 1.165) is 0 Å². The Bertz CT molecular complexity index is 692. The maximum atomic E-state index is 11.9. The first kappa shape index (κ1) is 21.9. The van der Waals surface area contributed by atoms with E-state index in [-0.39, 0.29) is 6.42 Å². The molecule has 8 heteroatoms. The number of hydrogen-bond acceptors (Lipinski definition) is 8. The average Bonchev–Trinajstić information content (AvgIpc) is 2.83. The minimum atomic E-state index is -2.09. The van der Waals surface area contributed by atoms with Crippen LogP contribution in [0.5, 0.6) is 0 Å². The summed E-state index contributed by atoms with van der Waals surface area (Å²) in [6.45, 7) is 6.29. The molecule has 0 aromatic carbocycles. The van der Waals surface area contributed by atoms with Crippen LogP contribution in [0.1, 0.15) is 47.0 Å². The van der Waals surface area contributed by atoms with Crippen molar-refractivity contribution in [3.05, 3.63) is 0 Å². The van der Waals surface area contributed by atoms with Crippen molar-refractivity contribution in [1.82, 2.24) is 0 Å². The number of rotatable bonds is 1. The summed E-state index contributed by atoms with van der Waals surface area (Å²) in [6.07, 6.45) is -5.88. The van der Waals surface area contributed by atoms with Gasteiger partial charge in [0, 0.05) is 29.8 Å². The molecule has 4 aliphatic rings. The summed E-state index contributed by atoms with van der Waals surface area (Å²) >= 11 is 0. The second kappa shape index (κ2) is 5.92. The van der Waals surface area contributed by atoms with Crippen molar-refractivity contribution >= 4 is 0 Å². The third-order valence-corrected chi connectivity index (χ3v) is 9.60. The van der Waals surface area contributed by atoms with Crippen molar-refractivity contribution < 1.29 is 40.5 Å². The number of hydrogen-bond donors (Lipinski definition) is 7. The molecule has 12 atom stereocenters. The van der Waals surface area contributed by atoms with E-state index in [1.807, 2.05) is 0 Å². The minimum Gasteiger partial charge on any atom is -0.392 e. The van der Waals surface area contributed by atoms with E-state index in [4.69, 9.17) is 4.74 Å². The van der Waals surface area contributed by atoms with Crippen LogP contribution in [0.25, 0.3) is 0 Å². The van der Waals surface area contributed by atoms with Gasteiger partial charge in [-0.2, -0.15) is 0 Å². The quantitative estimate of drug-likeness (QED) is 0.281. The molecule has 0 aliphatic heterocycles. The third-order valence-electron chi connectivity index (χ3n) is 9.60. The largest absolute Gasteiger partial charge is 0.392 e. The topological polar surface area (TPSA) is 151 Å². The molecule has 0 aromatic heterocycles. The van der Waals surface area contributed by atoms with Crippen molar-refractivity contribution in [3.8, 4) is 0 Å². The van der Waals surface area contributed by atoms with Crippen LogP contribution in [0.2, 0.25) is 0 Å². The SMILES string of the molecule is CO[C@H]1[C@H](O)C(C)(C)[C@@]2(O)[C@H](O)[C@@H](O)[C@]34C[C@@](C)(O)[C@H](CC[C@H]3[C@@](C)(O)[C@H]12)[C@H]4O. The number of aliphatic hydroxyl groups is 7. The van der Waals surface area contributed by atoms with E-state index in [2.05, 4.69) is 0 Å². The van der Waals surface area contributed by atoms with E-state index in [0.29, 0.717) is 12.8 Å². The zero-order chi connectivity index (χ0) is 21.9. The fraction of sp³-hybridized carbons (Fsp3) is 1.00. The third kappa shape index (κ3) is 2.17. The molecular weight excluding hydrogens is 380 g/mol. The van der Waals surface area contributed by atoms with E-state index < -0.39 is 75.9 Å². The molecule has 0 amide bonds. The Hall–Kier alpha value is -0.320. The molecule has 7 N–H and O–H groups in total. The summed E-state index contributed by atoms with van der Waals surface area (Å²) in [5.41, 5.74) is -7.78. The zero-order valence-electron chi connectivity index (χ0n) is 17.8. The standard InChI is InChI=1S/C21H36O8/c1-17(2)14(23)11(29-5)12-19(4,27)10-7-6-9-13(22)20(10,8-18(9,3)26)15(24)16(25)21(12,17)28/h9-16,22-28H,6-8H2,1-5H3/t9-,10+,11-,12+,13-,14+,15-,16-,18-,19-,20-,21+/m1/s1. The van der Waals surface area contributed by atoms with Crippen LogP contribution < -0.4 is 0 Å². The van der Waals surface area contributed by atoms with Gasteiger partial charge in [0.05, 0.1) is 35.6 Å². The molecule has 0 heterocycles. The number of fused-ring (bicyclic) bond motifs is 2. The summed E-state index contributed by atoms with van der Waals surface area (Å²) in [5.74, 6) is -2.34. The molecule has 2 bridgehead atoms. The molecule has 4 saturated carbocycles. The van der Waals surface area contributed by atoms with Crippen LogP contribution in [0.4, 0.5) is 0 Å². The molecule has 4 fully saturated rings. The highest BCUT2D eigenvalue weighted by Gasteiger charge is 2.81. The van der Waals surface area contributed by atoms with E-state index in [9.17, 15) is 35.7 Å². The summed E-state index contributed by atoms with van der Waals surface area (Å²) in [4.78, 5) is 0. The molecule has 1 spiro atoms. The molecular formula is C21H36O8. The predicted molar refractivity (Wildman–Crippen MR) is 102 cm³/mol. The van der Waals surface area contributed by atoms with Crippen LogP contribution in [-0.2, 0) is 4.74 Å². The summed E-state index contributed by atoms with van der Waals surface area (Å²) in [6, 6.07) is 0. The smallest absolute Gasteiger partial charge is 0.110 e. The lowest BCUT2D eigenvalue weighted by Gasteiger charge is -2.52. The molecule has 0 radical (unpaired) electrons. The van der Waals surface area contributed by atoms with Crippen molar-refractivity contribution in [2.45, 2.75) is 94.3 Å². The van der Waals surface area contributed by atoms with Gasteiger partial charge in [-0.05, 0) is 39.0 Å². The van der Waals surface area contributed by atoms with Gasteiger partial charge in [0.15, 0.2) is 0 Å². The fourth-order valence-electron chi connectivity index (χ4n) is 8.15. The summed E-state index contributed by atoms with van der Waals surface area (Å²) < 4.78 is 5.52. The molecule has 4 rings (SSSR count). The Kier molecular flexibility index (Phi) is 4.47. The van der Waals surface area contributed by atoms with Gasteiger partial charge in [0.25, 0.3) is 0 Å². The average molecular weight is 417 g/mol. The molecule has 8 nitrogen and oxygen atoms in total. The van der Waals surface area contributed by atoms with Crippen molar-refractivity contribution in [2.75, 3.05) is 7.11 Å². The van der Waals surface area contributed by atoms with Crippen molar-refractivity contribution in [2.24, 2.45) is 28.6 Å². The first-order chi connectivity index (χ1) is 13.1. The highest BCUT2D eigenvalue weighted by atomic mass is 16.5. The monoisotopic (exact) mass is 416 g/mol. The van der Waals surface area contributed by atoms with E-state index >= 15 is 0 Å². The lowest BCUT2D eigenvalue weighted by molar-refractivity contribution is -0.222. The van der Waals surface area contributed by atoms with Gasteiger partial charge in [-0.1, -0.05) is 13.8 Å². The molecule has 0 saturated heterocycles. The predicted octanol–water partition coefficient (Wildman–Crippen LogP) is -1.24. The second-order valence-corrected chi connectivity index (χ2v) is 11.1. The molecule has 29 heavy (non-hydrogen) atoms. The second-order valence-electron chi connectivity index (χ2n) is 11.1. The van der Waals surface area contributed by atoms with Crippen LogP contribution in [-0.4, -0.2) is 90.2 Å². The van der Waals surface area contributed by atoms with Crippen molar-refractivity contribution in [3.63, 3.8) is 0 Å². The van der Waals surface area contributed by atoms with Gasteiger partial charge in [0.1, 0.15) is 11.7 Å². The Labute approximate surface area is 171 Å². The van der Waals surface area contributed by atoms with Gasteiger partial charge in [0.2, 0.25) is 0 Å². The Balaban J connectivity index is 1.98. The van der Waals surface area contributed by atoms with E-state index in [1.54, 1.807) is 20.8 Å². The lowest BCUT2D eigenvalue weighted by Crippen LogP contribution is -2.63. The number of ether oxygens (including phenoxy) is 1. The van der Waals surface area contributed by atoms with E-state index in [1.165, 1.54) is 14.0 Å². The molecule has 0 aromatic rings. The minimum absolute atomic E-state index is 0.00565. The molecule has 0 unspecified atom stereocenters. The van der Waals surface area contributed by atoms with Crippen LogP contribution in [0, 0.1) is 28.6 Å². The highest BCUT2D eigenvalue weighted by molar-refractivity contribution is 5.30. The van der Waals surface area contributed by atoms with Gasteiger partial charge in [-0.3, -0.25) is 0 Å². The lowest BCUT2D eigenvalue weighted by atomic mass is 9.56.